The van der Waals surface area contributed by atoms with E-state index in [2.05, 4.69) is 33.0 Å². The van der Waals surface area contributed by atoms with Gasteiger partial charge >= 0.3 is 0 Å². The van der Waals surface area contributed by atoms with E-state index in [9.17, 15) is 9.65 Å². The van der Waals surface area contributed by atoms with Gasteiger partial charge in [0.2, 0.25) is 0 Å². The number of hydrogen-bond donors (Lipinski definition) is 2. The van der Waals surface area contributed by atoms with E-state index in [1.807, 2.05) is 13.1 Å². The number of nitriles is 1. The SMILES string of the molecule is C=CCCCCCN(C)C(=NC)NCCCc1nn(-c2ccc(F)cc2)c(N)c1C#N. The Morgan fingerprint density at radius 2 is 2.06 bits per heavy atom. The average molecular weight is 426 g/mol. The highest BCUT2D eigenvalue weighted by Gasteiger charge is 2.16. The summed E-state index contributed by atoms with van der Waals surface area (Å²) in [5.41, 5.74) is 7.73. The second kappa shape index (κ2) is 12.4. The van der Waals surface area contributed by atoms with Crippen LogP contribution in [0.3, 0.4) is 0 Å². The van der Waals surface area contributed by atoms with Gasteiger partial charge in [-0.05, 0) is 56.4 Å². The lowest BCUT2D eigenvalue weighted by Gasteiger charge is -2.22. The number of halogens is 1. The minimum Gasteiger partial charge on any atom is -0.382 e. The number of nitrogens with two attached hydrogens (primary N) is 1. The van der Waals surface area contributed by atoms with Crippen molar-refractivity contribution in [3.8, 4) is 11.8 Å². The fraction of sp³-hybridized carbons (Fsp3) is 0.435. The number of rotatable bonds is 11. The molecule has 1 heterocycles. The molecule has 0 aliphatic carbocycles. The molecule has 0 aliphatic heterocycles. The lowest BCUT2D eigenvalue weighted by atomic mass is 10.1. The number of guanidine groups is 1. The zero-order valence-electron chi connectivity index (χ0n) is 18.4. The number of hydrogen-bond acceptors (Lipinski definition) is 4. The van der Waals surface area contributed by atoms with E-state index in [1.54, 1.807) is 19.2 Å². The van der Waals surface area contributed by atoms with E-state index in [0.717, 1.165) is 38.2 Å². The Morgan fingerprint density at radius 1 is 1.32 bits per heavy atom. The molecule has 1 aromatic heterocycles. The zero-order valence-corrected chi connectivity index (χ0v) is 18.4. The smallest absolute Gasteiger partial charge is 0.193 e. The Morgan fingerprint density at radius 3 is 2.71 bits per heavy atom. The second-order valence-corrected chi connectivity index (χ2v) is 7.34. The van der Waals surface area contributed by atoms with Crippen LogP contribution in [0.2, 0.25) is 0 Å². The lowest BCUT2D eigenvalue weighted by Crippen LogP contribution is -2.39. The number of allylic oxidation sites excluding steroid dienone is 1. The van der Waals surface area contributed by atoms with Gasteiger partial charge in [-0.25, -0.2) is 9.07 Å². The molecule has 0 atom stereocenters. The Kier molecular flexibility index (Phi) is 9.56. The first-order valence-electron chi connectivity index (χ1n) is 10.6. The molecule has 1 aromatic carbocycles. The third-order valence-corrected chi connectivity index (χ3v) is 5.03. The first-order chi connectivity index (χ1) is 15.0. The molecule has 0 aliphatic rings. The Hall–Kier alpha value is -3.34. The van der Waals surface area contributed by atoms with Gasteiger partial charge in [-0.2, -0.15) is 10.4 Å². The number of aryl methyl sites for hydroxylation is 1. The molecule has 166 valence electrons. The number of nitrogens with zero attached hydrogens (tertiary/aromatic N) is 5. The van der Waals surface area contributed by atoms with Gasteiger partial charge < -0.3 is 16.0 Å². The zero-order chi connectivity index (χ0) is 22.6. The van der Waals surface area contributed by atoms with Gasteiger partial charge in [0, 0.05) is 27.2 Å². The number of unbranched alkanes of at least 4 members (excludes halogenated alkanes) is 3. The summed E-state index contributed by atoms with van der Waals surface area (Å²) in [7, 11) is 3.80. The molecular formula is C23H32FN7. The Balaban J connectivity index is 1.88. The third kappa shape index (κ3) is 6.85. The van der Waals surface area contributed by atoms with Crippen molar-refractivity contribution in [3.05, 3.63) is 54.0 Å². The summed E-state index contributed by atoms with van der Waals surface area (Å²) in [6.45, 7) is 5.38. The minimum absolute atomic E-state index is 0.268. The topological polar surface area (TPSA) is 95.3 Å². The second-order valence-electron chi connectivity index (χ2n) is 7.34. The van der Waals surface area contributed by atoms with Crippen molar-refractivity contribution in [2.24, 2.45) is 4.99 Å². The third-order valence-electron chi connectivity index (χ3n) is 5.03. The monoisotopic (exact) mass is 425 g/mol. The van der Waals surface area contributed by atoms with Gasteiger partial charge in [0.05, 0.1) is 11.4 Å². The average Bonchev–Trinajstić information content (AvgIpc) is 3.09. The van der Waals surface area contributed by atoms with Gasteiger partial charge in [0.1, 0.15) is 23.3 Å². The van der Waals surface area contributed by atoms with E-state index < -0.39 is 0 Å². The van der Waals surface area contributed by atoms with Gasteiger partial charge in [-0.15, -0.1) is 6.58 Å². The molecule has 0 bridgehead atoms. The number of nitrogens with one attached hydrogen (secondary N) is 1. The van der Waals surface area contributed by atoms with Crippen molar-refractivity contribution < 1.29 is 4.39 Å². The molecule has 0 spiro atoms. The van der Waals surface area contributed by atoms with Crippen LogP contribution < -0.4 is 11.1 Å². The summed E-state index contributed by atoms with van der Waals surface area (Å²) in [5.74, 6) is 0.779. The normalized spacial score (nSPS) is 11.2. The van der Waals surface area contributed by atoms with Gasteiger partial charge in [-0.3, -0.25) is 4.99 Å². The van der Waals surface area contributed by atoms with Crippen LogP contribution in [-0.4, -0.2) is 47.8 Å². The van der Waals surface area contributed by atoms with E-state index in [4.69, 9.17) is 5.73 Å². The highest BCUT2D eigenvalue weighted by Crippen LogP contribution is 2.21. The number of benzene rings is 1. The largest absolute Gasteiger partial charge is 0.382 e. The maximum Gasteiger partial charge on any atom is 0.193 e. The predicted octanol–water partition coefficient (Wildman–Crippen LogP) is 3.65. The highest BCUT2D eigenvalue weighted by molar-refractivity contribution is 5.79. The molecule has 3 N–H and O–H groups in total. The Labute approximate surface area is 184 Å². The molecule has 8 heteroatoms. The molecule has 7 nitrogen and oxygen atoms in total. The maximum absolute atomic E-state index is 13.2. The van der Waals surface area contributed by atoms with E-state index in [1.165, 1.54) is 23.2 Å². The fourth-order valence-corrected chi connectivity index (χ4v) is 3.32. The van der Waals surface area contributed by atoms with Crippen molar-refractivity contribution in [1.29, 1.82) is 5.26 Å². The van der Waals surface area contributed by atoms with Crippen LogP contribution in [0, 0.1) is 17.1 Å². The van der Waals surface area contributed by atoms with Gasteiger partial charge in [0.15, 0.2) is 5.96 Å². The van der Waals surface area contributed by atoms with Crippen molar-refractivity contribution >= 4 is 11.8 Å². The highest BCUT2D eigenvalue weighted by atomic mass is 19.1. The van der Waals surface area contributed by atoms with Gasteiger partial charge in [-0.1, -0.05) is 12.5 Å². The van der Waals surface area contributed by atoms with Crippen LogP contribution in [0.1, 0.15) is 43.4 Å². The first-order valence-corrected chi connectivity index (χ1v) is 10.6. The van der Waals surface area contributed by atoms with E-state index in [-0.39, 0.29) is 11.6 Å². The summed E-state index contributed by atoms with van der Waals surface area (Å²) < 4.78 is 14.7. The van der Waals surface area contributed by atoms with Crippen LogP contribution in [-0.2, 0) is 6.42 Å². The number of aliphatic imine (C=N–C) groups is 1. The molecule has 0 unspecified atom stereocenters. The van der Waals surface area contributed by atoms with Crippen molar-refractivity contribution in [2.75, 3.05) is 32.9 Å². The summed E-state index contributed by atoms with van der Waals surface area (Å²) in [4.78, 5) is 6.46. The summed E-state index contributed by atoms with van der Waals surface area (Å²) in [6, 6.07) is 7.99. The van der Waals surface area contributed by atoms with E-state index >= 15 is 0 Å². The Bertz CT molecular complexity index is 909. The number of anilines is 1. The summed E-state index contributed by atoms with van der Waals surface area (Å²) >= 11 is 0. The first kappa shape index (κ1) is 23.9. The standard InChI is InChI=1S/C23H32FN7/c1-4-5-6-7-8-16-30(3)23(27-2)28-15-9-10-21-20(17-25)22(26)31(29-21)19-13-11-18(24)12-14-19/h4,11-14H,1,5-10,15-16,26H2,2-3H3,(H,27,28). The molecule has 2 rings (SSSR count). The summed E-state index contributed by atoms with van der Waals surface area (Å²) in [6.07, 6.45) is 7.82. The maximum atomic E-state index is 13.2. The molecular weight excluding hydrogens is 393 g/mol. The lowest BCUT2D eigenvalue weighted by molar-refractivity contribution is 0.454. The van der Waals surface area contributed by atoms with E-state index in [0.29, 0.717) is 29.9 Å². The predicted molar refractivity (Wildman–Crippen MR) is 124 cm³/mol. The molecule has 2 aromatic rings. The molecule has 0 radical (unpaired) electrons. The van der Waals surface area contributed by atoms with Crippen LogP contribution >= 0.6 is 0 Å². The van der Waals surface area contributed by atoms with Gasteiger partial charge in [0.25, 0.3) is 0 Å². The van der Waals surface area contributed by atoms with Crippen LogP contribution in [0.5, 0.6) is 0 Å². The van der Waals surface area contributed by atoms with Crippen molar-refractivity contribution in [3.63, 3.8) is 0 Å². The fourth-order valence-electron chi connectivity index (χ4n) is 3.32. The quantitative estimate of drug-likeness (QED) is 0.248. The van der Waals surface area contributed by atoms with Crippen molar-refractivity contribution in [1.82, 2.24) is 20.0 Å². The number of aromatic nitrogens is 2. The van der Waals surface area contributed by atoms with Crippen LogP contribution in [0.15, 0.2) is 41.9 Å². The number of nitrogen functional groups attached to an aromatic ring is 1. The molecule has 0 saturated heterocycles. The molecule has 31 heavy (non-hydrogen) atoms. The van der Waals surface area contributed by atoms with Crippen LogP contribution in [0.4, 0.5) is 10.2 Å². The molecule has 0 amide bonds. The molecule has 0 saturated carbocycles. The van der Waals surface area contributed by atoms with Crippen molar-refractivity contribution in [2.45, 2.75) is 38.5 Å². The van der Waals surface area contributed by atoms with Crippen LogP contribution in [0.25, 0.3) is 5.69 Å². The summed E-state index contributed by atoms with van der Waals surface area (Å²) in [5, 5.41) is 17.4. The minimum atomic E-state index is -0.337. The molecule has 0 fully saturated rings.